The number of benzene rings is 1. The smallest absolute Gasteiger partial charge is 0.268 e. The molecule has 6 nitrogen and oxygen atoms in total. The zero-order valence-electron chi connectivity index (χ0n) is 15.4. The Bertz CT molecular complexity index is 1090. The first-order valence-corrected chi connectivity index (χ1v) is 8.69. The lowest BCUT2D eigenvalue weighted by atomic mass is 10.0. The number of carbonyl (C=O) groups excluding carboxylic acids is 1. The minimum atomic E-state index is -0.515. The Morgan fingerprint density at radius 1 is 1.11 bits per heavy atom. The molecule has 1 aromatic carbocycles. The highest BCUT2D eigenvalue weighted by atomic mass is 16.2. The summed E-state index contributed by atoms with van der Waals surface area (Å²) in [6.07, 6.45) is 3.07. The van der Waals surface area contributed by atoms with Crippen LogP contribution in [-0.2, 0) is 0 Å². The molecule has 0 aliphatic heterocycles. The number of pyridine rings is 2. The number of hydrogen-bond donors (Lipinski definition) is 2. The third-order valence-electron chi connectivity index (χ3n) is 4.38. The molecule has 2 N–H and O–H groups in total. The summed E-state index contributed by atoms with van der Waals surface area (Å²) in [5, 5.41) is 2.65. The predicted molar refractivity (Wildman–Crippen MR) is 106 cm³/mol. The van der Waals surface area contributed by atoms with Gasteiger partial charge in [-0.3, -0.25) is 19.0 Å². The minimum Gasteiger partial charge on any atom is -0.327 e. The summed E-state index contributed by atoms with van der Waals surface area (Å²) in [4.78, 5) is 39.3. The molecule has 1 amide bonds. The summed E-state index contributed by atoms with van der Waals surface area (Å²) in [6.45, 7) is 5.89. The average molecular weight is 363 g/mol. The number of H-pyrrole nitrogens is 1. The predicted octanol–water partition coefficient (Wildman–Crippen LogP) is 3.21. The van der Waals surface area contributed by atoms with E-state index in [2.05, 4.69) is 24.1 Å². The van der Waals surface area contributed by atoms with Crippen molar-refractivity contribution in [3.05, 3.63) is 92.3 Å². The Morgan fingerprint density at radius 2 is 1.89 bits per heavy atom. The van der Waals surface area contributed by atoms with Gasteiger partial charge in [-0.2, -0.15) is 0 Å². The topological polar surface area (TPSA) is 84.0 Å². The lowest BCUT2D eigenvalue weighted by Gasteiger charge is -2.13. The van der Waals surface area contributed by atoms with Crippen LogP contribution in [-0.4, -0.2) is 15.5 Å². The van der Waals surface area contributed by atoms with Crippen LogP contribution in [0, 0.1) is 6.92 Å². The molecule has 2 heterocycles. The van der Waals surface area contributed by atoms with Crippen LogP contribution in [0.1, 0.15) is 41.3 Å². The minimum absolute atomic E-state index is 0.0682. The van der Waals surface area contributed by atoms with Gasteiger partial charge in [0.25, 0.3) is 11.5 Å². The largest absolute Gasteiger partial charge is 0.327 e. The SMILES string of the molecule is Cc1ccn(-c2cccc(C(C)C)c2)c(=O)c1C(=O)Nc1ccc(=O)[nH]c1. The molecule has 0 unspecified atom stereocenters. The molecule has 0 spiro atoms. The van der Waals surface area contributed by atoms with E-state index in [1.807, 2.05) is 24.3 Å². The molecule has 27 heavy (non-hydrogen) atoms. The molecule has 0 saturated heterocycles. The molecule has 0 aliphatic carbocycles. The lowest BCUT2D eigenvalue weighted by Crippen LogP contribution is -2.29. The van der Waals surface area contributed by atoms with E-state index < -0.39 is 11.5 Å². The summed E-state index contributed by atoms with van der Waals surface area (Å²) >= 11 is 0. The number of aromatic amines is 1. The van der Waals surface area contributed by atoms with Crippen molar-refractivity contribution in [3.8, 4) is 5.69 Å². The summed E-state index contributed by atoms with van der Waals surface area (Å²) in [5.41, 5.74) is 2.23. The molecule has 2 aromatic heterocycles. The second-order valence-corrected chi connectivity index (χ2v) is 6.69. The highest BCUT2D eigenvalue weighted by molar-refractivity contribution is 6.04. The van der Waals surface area contributed by atoms with Crippen LogP contribution < -0.4 is 16.4 Å². The van der Waals surface area contributed by atoms with Gasteiger partial charge in [-0.15, -0.1) is 0 Å². The molecule has 6 heteroatoms. The van der Waals surface area contributed by atoms with Crippen LogP contribution >= 0.6 is 0 Å². The van der Waals surface area contributed by atoms with Crippen LogP contribution in [0.3, 0.4) is 0 Å². The maximum atomic E-state index is 13.0. The fourth-order valence-corrected chi connectivity index (χ4v) is 2.82. The van der Waals surface area contributed by atoms with E-state index in [1.54, 1.807) is 19.2 Å². The fraction of sp³-hybridized carbons (Fsp3) is 0.190. The van der Waals surface area contributed by atoms with Crippen molar-refractivity contribution in [1.29, 1.82) is 0 Å². The second-order valence-electron chi connectivity index (χ2n) is 6.69. The zero-order chi connectivity index (χ0) is 19.6. The third kappa shape index (κ3) is 3.89. The molecule has 138 valence electrons. The third-order valence-corrected chi connectivity index (χ3v) is 4.38. The maximum Gasteiger partial charge on any atom is 0.268 e. The molecule has 0 aliphatic rings. The standard InChI is InChI=1S/C21H21N3O3/c1-13(2)15-5-4-6-17(11-15)24-10-9-14(3)19(21(24)27)20(26)23-16-7-8-18(25)22-12-16/h4-13H,1-3H3,(H,22,25)(H,23,26). The van der Waals surface area contributed by atoms with Crippen LogP contribution in [0.25, 0.3) is 5.69 Å². The van der Waals surface area contributed by atoms with Crippen molar-refractivity contribution >= 4 is 11.6 Å². The van der Waals surface area contributed by atoms with Gasteiger partial charge in [-0.05, 0) is 48.2 Å². The molecule has 0 saturated carbocycles. The molecule has 0 bridgehead atoms. The van der Waals surface area contributed by atoms with Gasteiger partial charge >= 0.3 is 0 Å². The van der Waals surface area contributed by atoms with E-state index in [-0.39, 0.29) is 11.1 Å². The molecule has 3 aromatic rings. The first-order valence-electron chi connectivity index (χ1n) is 8.69. The van der Waals surface area contributed by atoms with Crippen molar-refractivity contribution in [2.24, 2.45) is 0 Å². The summed E-state index contributed by atoms with van der Waals surface area (Å²) in [7, 11) is 0. The fourth-order valence-electron chi connectivity index (χ4n) is 2.82. The van der Waals surface area contributed by atoms with E-state index >= 15 is 0 Å². The molecule has 3 rings (SSSR count). The Balaban J connectivity index is 2.02. The number of amides is 1. The van der Waals surface area contributed by atoms with E-state index in [1.165, 1.54) is 22.9 Å². The van der Waals surface area contributed by atoms with Crippen molar-refractivity contribution in [2.45, 2.75) is 26.7 Å². The Hall–Kier alpha value is -3.41. The van der Waals surface area contributed by atoms with Gasteiger partial charge in [0.15, 0.2) is 0 Å². The Kier molecular flexibility index (Phi) is 5.07. The van der Waals surface area contributed by atoms with Gasteiger partial charge in [0.05, 0.1) is 5.69 Å². The number of nitrogens with one attached hydrogen (secondary N) is 2. The van der Waals surface area contributed by atoms with Crippen molar-refractivity contribution in [3.63, 3.8) is 0 Å². The quantitative estimate of drug-likeness (QED) is 0.746. The van der Waals surface area contributed by atoms with Crippen molar-refractivity contribution < 1.29 is 4.79 Å². The van der Waals surface area contributed by atoms with Crippen LogP contribution in [0.15, 0.2) is 64.4 Å². The maximum absolute atomic E-state index is 13.0. The second kappa shape index (κ2) is 7.45. The van der Waals surface area contributed by atoms with Crippen molar-refractivity contribution in [2.75, 3.05) is 5.32 Å². The number of hydrogen-bond acceptors (Lipinski definition) is 3. The number of anilines is 1. The first kappa shape index (κ1) is 18.4. The molecular formula is C21H21N3O3. The number of carbonyl (C=O) groups is 1. The van der Waals surface area contributed by atoms with Gasteiger partial charge < -0.3 is 10.3 Å². The van der Waals surface area contributed by atoms with Gasteiger partial charge in [-0.1, -0.05) is 26.0 Å². The van der Waals surface area contributed by atoms with E-state index in [0.29, 0.717) is 22.9 Å². The van der Waals surface area contributed by atoms with Gasteiger partial charge in [0.2, 0.25) is 5.56 Å². The highest BCUT2D eigenvalue weighted by Gasteiger charge is 2.17. The normalized spacial score (nSPS) is 10.8. The summed E-state index contributed by atoms with van der Waals surface area (Å²) < 4.78 is 1.47. The first-order chi connectivity index (χ1) is 12.9. The van der Waals surface area contributed by atoms with Crippen LogP contribution in [0.2, 0.25) is 0 Å². The Morgan fingerprint density at radius 3 is 2.56 bits per heavy atom. The Labute approximate surface area is 156 Å². The summed E-state index contributed by atoms with van der Waals surface area (Å²) in [6, 6.07) is 12.2. The van der Waals surface area contributed by atoms with E-state index in [9.17, 15) is 14.4 Å². The summed E-state index contributed by atoms with van der Waals surface area (Å²) in [5.74, 6) is -0.187. The molecule has 0 fully saturated rings. The monoisotopic (exact) mass is 363 g/mol. The highest BCUT2D eigenvalue weighted by Crippen LogP contribution is 2.18. The number of aryl methyl sites for hydroxylation is 1. The number of aromatic nitrogens is 2. The zero-order valence-corrected chi connectivity index (χ0v) is 15.4. The lowest BCUT2D eigenvalue weighted by molar-refractivity contribution is 0.102. The van der Waals surface area contributed by atoms with Gasteiger partial charge in [-0.25, -0.2) is 0 Å². The molecule has 0 radical (unpaired) electrons. The van der Waals surface area contributed by atoms with Crippen LogP contribution in [0.4, 0.5) is 5.69 Å². The van der Waals surface area contributed by atoms with Gasteiger partial charge in [0.1, 0.15) is 5.56 Å². The van der Waals surface area contributed by atoms with E-state index in [4.69, 9.17) is 0 Å². The van der Waals surface area contributed by atoms with Crippen LogP contribution in [0.5, 0.6) is 0 Å². The number of rotatable bonds is 4. The average Bonchev–Trinajstić information content (AvgIpc) is 2.64. The molecule has 0 atom stereocenters. The number of nitrogens with zero attached hydrogens (tertiary/aromatic N) is 1. The van der Waals surface area contributed by atoms with E-state index in [0.717, 1.165) is 5.56 Å². The molecular weight excluding hydrogens is 342 g/mol. The van der Waals surface area contributed by atoms with Gasteiger partial charge in [0, 0.05) is 24.1 Å². The van der Waals surface area contributed by atoms with Crippen molar-refractivity contribution in [1.82, 2.24) is 9.55 Å².